The van der Waals surface area contributed by atoms with Crippen LogP contribution in [0.15, 0.2) is 23.2 Å². The summed E-state index contributed by atoms with van der Waals surface area (Å²) in [5.74, 6) is 2.47. The van der Waals surface area contributed by atoms with Gasteiger partial charge in [-0.2, -0.15) is 0 Å². The SMILES string of the molecule is CCOc1ccc(OCC)c(NC(N)=NCC2CN(CC(C)C)CCO2)c1. The number of ether oxygens (including phenoxy) is 3. The summed E-state index contributed by atoms with van der Waals surface area (Å²) < 4.78 is 17.0. The van der Waals surface area contributed by atoms with Gasteiger partial charge in [0.15, 0.2) is 5.96 Å². The van der Waals surface area contributed by atoms with Gasteiger partial charge in [0.1, 0.15) is 11.5 Å². The predicted molar refractivity (Wildman–Crippen MR) is 110 cm³/mol. The molecule has 1 aromatic carbocycles. The molecule has 0 bridgehead atoms. The van der Waals surface area contributed by atoms with Gasteiger partial charge in [0, 0.05) is 25.7 Å². The number of aliphatic imine (C=N–C) groups is 1. The lowest BCUT2D eigenvalue weighted by Crippen LogP contribution is -2.45. The molecule has 1 aliphatic rings. The molecule has 0 aliphatic carbocycles. The Hall–Kier alpha value is -1.99. The van der Waals surface area contributed by atoms with E-state index in [1.807, 2.05) is 32.0 Å². The Morgan fingerprint density at radius 1 is 1.33 bits per heavy atom. The molecule has 1 aliphatic heterocycles. The second-order valence-corrected chi connectivity index (χ2v) is 7.02. The van der Waals surface area contributed by atoms with Crippen molar-refractivity contribution in [2.24, 2.45) is 16.6 Å². The maximum atomic E-state index is 6.10. The summed E-state index contributed by atoms with van der Waals surface area (Å²) in [4.78, 5) is 6.90. The summed E-state index contributed by atoms with van der Waals surface area (Å²) in [6.07, 6.45) is 0.0685. The van der Waals surface area contributed by atoms with E-state index in [1.165, 1.54) is 0 Å². The molecule has 1 fully saturated rings. The Bertz CT molecular complexity index is 607. The molecular formula is C20H34N4O3. The number of nitrogens with one attached hydrogen (secondary N) is 1. The molecule has 27 heavy (non-hydrogen) atoms. The Balaban J connectivity index is 1.96. The van der Waals surface area contributed by atoms with E-state index < -0.39 is 0 Å². The van der Waals surface area contributed by atoms with Crippen molar-refractivity contribution in [3.63, 3.8) is 0 Å². The van der Waals surface area contributed by atoms with Crippen LogP contribution >= 0.6 is 0 Å². The van der Waals surface area contributed by atoms with Crippen LogP contribution in [0.2, 0.25) is 0 Å². The van der Waals surface area contributed by atoms with E-state index in [4.69, 9.17) is 19.9 Å². The third-order valence-electron chi connectivity index (χ3n) is 4.14. The van der Waals surface area contributed by atoms with Crippen molar-refractivity contribution in [1.29, 1.82) is 0 Å². The number of rotatable bonds is 9. The molecule has 0 amide bonds. The normalized spacial score (nSPS) is 18.6. The number of anilines is 1. The van der Waals surface area contributed by atoms with E-state index in [0.29, 0.717) is 31.6 Å². The fraction of sp³-hybridized carbons (Fsp3) is 0.650. The minimum absolute atomic E-state index is 0.0685. The highest BCUT2D eigenvalue weighted by Crippen LogP contribution is 2.29. The van der Waals surface area contributed by atoms with Gasteiger partial charge in [0.25, 0.3) is 0 Å². The Morgan fingerprint density at radius 3 is 2.81 bits per heavy atom. The number of nitrogens with two attached hydrogens (primary N) is 1. The number of hydrogen-bond donors (Lipinski definition) is 2. The smallest absolute Gasteiger partial charge is 0.193 e. The van der Waals surface area contributed by atoms with E-state index in [-0.39, 0.29) is 6.10 Å². The van der Waals surface area contributed by atoms with Crippen molar-refractivity contribution in [3.05, 3.63) is 18.2 Å². The minimum Gasteiger partial charge on any atom is -0.494 e. The van der Waals surface area contributed by atoms with Gasteiger partial charge in [-0.25, -0.2) is 0 Å². The molecule has 0 saturated carbocycles. The van der Waals surface area contributed by atoms with E-state index in [2.05, 4.69) is 29.1 Å². The first-order chi connectivity index (χ1) is 13.0. The van der Waals surface area contributed by atoms with Crippen LogP contribution < -0.4 is 20.5 Å². The molecule has 2 rings (SSSR count). The highest BCUT2D eigenvalue weighted by Gasteiger charge is 2.20. The Labute approximate surface area is 162 Å². The van der Waals surface area contributed by atoms with Crippen LogP contribution in [0.5, 0.6) is 11.5 Å². The molecule has 0 spiro atoms. The molecule has 1 saturated heterocycles. The van der Waals surface area contributed by atoms with Gasteiger partial charge in [-0.3, -0.25) is 9.89 Å². The first-order valence-corrected chi connectivity index (χ1v) is 9.82. The van der Waals surface area contributed by atoms with Crippen LogP contribution in [0.1, 0.15) is 27.7 Å². The van der Waals surface area contributed by atoms with Gasteiger partial charge >= 0.3 is 0 Å². The monoisotopic (exact) mass is 378 g/mol. The summed E-state index contributed by atoms with van der Waals surface area (Å²) in [6, 6.07) is 5.63. The summed E-state index contributed by atoms with van der Waals surface area (Å²) in [5.41, 5.74) is 6.85. The van der Waals surface area contributed by atoms with Gasteiger partial charge < -0.3 is 25.3 Å². The zero-order chi connectivity index (χ0) is 19.6. The van der Waals surface area contributed by atoms with Crippen molar-refractivity contribution < 1.29 is 14.2 Å². The second-order valence-electron chi connectivity index (χ2n) is 7.02. The van der Waals surface area contributed by atoms with E-state index in [0.717, 1.165) is 43.4 Å². The average Bonchev–Trinajstić information content (AvgIpc) is 2.62. The van der Waals surface area contributed by atoms with Gasteiger partial charge in [-0.1, -0.05) is 13.8 Å². The minimum atomic E-state index is 0.0685. The zero-order valence-corrected chi connectivity index (χ0v) is 17.0. The third kappa shape index (κ3) is 7.27. The van der Waals surface area contributed by atoms with Crippen molar-refractivity contribution >= 4 is 11.6 Å². The van der Waals surface area contributed by atoms with Gasteiger partial charge in [-0.15, -0.1) is 0 Å². The predicted octanol–water partition coefficient (Wildman–Crippen LogP) is 2.57. The third-order valence-corrected chi connectivity index (χ3v) is 4.14. The molecule has 1 unspecified atom stereocenters. The Morgan fingerprint density at radius 2 is 2.11 bits per heavy atom. The molecule has 0 aromatic heterocycles. The van der Waals surface area contributed by atoms with E-state index >= 15 is 0 Å². The van der Waals surface area contributed by atoms with Crippen LogP contribution in [0.25, 0.3) is 0 Å². The molecular weight excluding hydrogens is 344 g/mol. The van der Waals surface area contributed by atoms with Gasteiger partial charge in [0.2, 0.25) is 0 Å². The maximum Gasteiger partial charge on any atom is 0.193 e. The fourth-order valence-electron chi connectivity index (χ4n) is 3.10. The number of nitrogens with zero attached hydrogens (tertiary/aromatic N) is 2. The summed E-state index contributed by atoms with van der Waals surface area (Å²) >= 11 is 0. The maximum absolute atomic E-state index is 6.10. The summed E-state index contributed by atoms with van der Waals surface area (Å²) in [5, 5.41) is 3.13. The van der Waals surface area contributed by atoms with Gasteiger partial charge in [0.05, 0.1) is 38.2 Å². The van der Waals surface area contributed by atoms with Crippen LogP contribution in [-0.4, -0.2) is 63.0 Å². The lowest BCUT2D eigenvalue weighted by atomic mass is 10.2. The van der Waals surface area contributed by atoms with E-state index in [9.17, 15) is 0 Å². The number of benzene rings is 1. The lowest BCUT2D eigenvalue weighted by molar-refractivity contribution is -0.0261. The van der Waals surface area contributed by atoms with Gasteiger partial charge in [-0.05, 0) is 31.9 Å². The van der Waals surface area contributed by atoms with Crippen molar-refractivity contribution in [1.82, 2.24) is 4.90 Å². The Kier molecular flexibility index (Phi) is 8.67. The standard InChI is InChI=1S/C20H34N4O3/c1-5-25-16-7-8-19(26-6-2)18(11-16)23-20(21)22-12-17-14-24(9-10-27-17)13-15(3)4/h7-8,11,15,17H,5-6,9-10,12-14H2,1-4H3,(H3,21,22,23). The highest BCUT2D eigenvalue weighted by atomic mass is 16.5. The molecule has 1 atom stereocenters. The number of guanidine groups is 1. The lowest BCUT2D eigenvalue weighted by Gasteiger charge is -2.33. The van der Waals surface area contributed by atoms with Crippen LogP contribution in [0.3, 0.4) is 0 Å². The highest BCUT2D eigenvalue weighted by molar-refractivity contribution is 5.94. The fourth-order valence-corrected chi connectivity index (χ4v) is 3.10. The molecule has 1 aromatic rings. The first kappa shape index (κ1) is 21.3. The van der Waals surface area contributed by atoms with E-state index in [1.54, 1.807) is 0 Å². The van der Waals surface area contributed by atoms with Crippen LogP contribution in [0, 0.1) is 5.92 Å². The van der Waals surface area contributed by atoms with Crippen LogP contribution in [-0.2, 0) is 4.74 Å². The van der Waals surface area contributed by atoms with Crippen molar-refractivity contribution in [2.45, 2.75) is 33.8 Å². The van der Waals surface area contributed by atoms with Crippen LogP contribution in [0.4, 0.5) is 5.69 Å². The largest absolute Gasteiger partial charge is 0.494 e. The van der Waals surface area contributed by atoms with Crippen molar-refractivity contribution in [2.75, 3.05) is 51.3 Å². The summed E-state index contributed by atoms with van der Waals surface area (Å²) in [6.45, 7) is 13.8. The second kappa shape index (κ2) is 11.0. The molecule has 0 radical (unpaired) electrons. The first-order valence-electron chi connectivity index (χ1n) is 9.82. The molecule has 7 nitrogen and oxygen atoms in total. The summed E-state index contributed by atoms with van der Waals surface area (Å²) in [7, 11) is 0. The molecule has 7 heteroatoms. The molecule has 152 valence electrons. The number of morpholine rings is 1. The molecule has 1 heterocycles. The average molecular weight is 379 g/mol. The molecule has 3 N–H and O–H groups in total. The zero-order valence-electron chi connectivity index (χ0n) is 17.0. The number of hydrogen-bond acceptors (Lipinski definition) is 5. The quantitative estimate of drug-likeness (QED) is 0.508. The van der Waals surface area contributed by atoms with Crippen molar-refractivity contribution in [3.8, 4) is 11.5 Å². The topological polar surface area (TPSA) is 81.3 Å².